The molecule has 0 aromatic heterocycles. The van der Waals surface area contributed by atoms with Crippen LogP contribution in [0.15, 0.2) is 46.9 Å². The van der Waals surface area contributed by atoms with E-state index in [0.717, 1.165) is 11.8 Å². The van der Waals surface area contributed by atoms with Crippen molar-refractivity contribution >= 4 is 28.2 Å². The van der Waals surface area contributed by atoms with Gasteiger partial charge < -0.3 is 9.84 Å². The minimum Gasteiger partial charge on any atom is -0.487 e. The molecule has 2 aromatic rings. The van der Waals surface area contributed by atoms with Crippen LogP contribution in [0.25, 0.3) is 0 Å². The zero-order valence-corrected chi connectivity index (χ0v) is 12.0. The summed E-state index contributed by atoms with van der Waals surface area (Å²) in [5.74, 6) is -0.490. The fourth-order valence-electron chi connectivity index (χ4n) is 1.67. The maximum absolute atomic E-state index is 10.9. The smallest absolute Gasteiger partial charge is 0.335 e. The molecule has 0 saturated heterocycles. The van der Waals surface area contributed by atoms with Crippen LogP contribution >= 0.6 is 15.9 Å². The Morgan fingerprint density at radius 3 is 2.50 bits per heavy atom. The van der Waals surface area contributed by atoms with E-state index in [-0.39, 0.29) is 12.2 Å². The maximum atomic E-state index is 10.9. The van der Waals surface area contributed by atoms with E-state index in [0.29, 0.717) is 15.8 Å². The molecule has 102 valence electrons. The van der Waals surface area contributed by atoms with Gasteiger partial charge in [-0.1, -0.05) is 18.2 Å². The quantitative estimate of drug-likeness (QED) is 0.849. The molecule has 1 N–H and O–H groups in total. The lowest BCUT2D eigenvalue weighted by Gasteiger charge is -2.10. The first-order valence-corrected chi connectivity index (χ1v) is 6.60. The number of ether oxygens (including phenoxy) is 1. The summed E-state index contributed by atoms with van der Waals surface area (Å²) in [6.07, 6.45) is 0.730. The second-order valence-electron chi connectivity index (χ2n) is 4.07. The number of carbonyl (C=O) groups is 2. The number of carboxylic acid groups (broad SMARTS) is 1. The molecule has 0 atom stereocenters. The van der Waals surface area contributed by atoms with Gasteiger partial charge in [-0.2, -0.15) is 0 Å². The van der Waals surface area contributed by atoms with Crippen molar-refractivity contribution in [1.82, 2.24) is 0 Å². The summed E-state index contributed by atoms with van der Waals surface area (Å²) >= 11 is 3.33. The number of para-hydroxylation sites is 1. The van der Waals surface area contributed by atoms with Crippen molar-refractivity contribution in [2.45, 2.75) is 6.61 Å². The first-order valence-electron chi connectivity index (χ1n) is 5.80. The number of benzene rings is 2. The molecule has 0 heterocycles. The average Bonchev–Trinajstić information content (AvgIpc) is 2.46. The standard InChI is InChI=1S/C15H11BrO4/c16-13-3-1-2-12(8-17)14(13)20-9-10-4-6-11(7-5-10)15(18)19/h1-8H,9H2,(H,18,19). The van der Waals surface area contributed by atoms with Crippen molar-refractivity contribution < 1.29 is 19.4 Å². The predicted molar refractivity (Wildman–Crippen MR) is 77.3 cm³/mol. The van der Waals surface area contributed by atoms with E-state index < -0.39 is 5.97 Å². The van der Waals surface area contributed by atoms with Crippen LogP contribution in [0.3, 0.4) is 0 Å². The van der Waals surface area contributed by atoms with E-state index in [1.807, 2.05) is 0 Å². The molecule has 4 nitrogen and oxygen atoms in total. The van der Waals surface area contributed by atoms with Crippen LogP contribution in [0.5, 0.6) is 5.75 Å². The van der Waals surface area contributed by atoms with Gasteiger partial charge in [0, 0.05) is 0 Å². The molecule has 0 fully saturated rings. The van der Waals surface area contributed by atoms with Crippen molar-refractivity contribution in [1.29, 1.82) is 0 Å². The van der Waals surface area contributed by atoms with Crippen molar-refractivity contribution in [3.05, 3.63) is 63.6 Å². The van der Waals surface area contributed by atoms with Gasteiger partial charge in [-0.05, 0) is 45.8 Å². The minimum atomic E-state index is -0.966. The number of aldehydes is 1. The summed E-state index contributed by atoms with van der Waals surface area (Å²) in [5.41, 5.74) is 1.51. The molecular formula is C15H11BrO4. The van der Waals surface area contributed by atoms with Crippen molar-refractivity contribution in [2.75, 3.05) is 0 Å². The van der Waals surface area contributed by atoms with E-state index in [1.165, 1.54) is 12.1 Å². The highest BCUT2D eigenvalue weighted by Gasteiger charge is 2.08. The highest BCUT2D eigenvalue weighted by molar-refractivity contribution is 9.10. The SMILES string of the molecule is O=Cc1cccc(Br)c1OCc1ccc(C(=O)O)cc1. The van der Waals surface area contributed by atoms with Crippen LogP contribution in [0.1, 0.15) is 26.3 Å². The third kappa shape index (κ3) is 3.24. The summed E-state index contributed by atoms with van der Waals surface area (Å²) in [7, 11) is 0. The van der Waals surface area contributed by atoms with Crippen LogP contribution in [-0.4, -0.2) is 17.4 Å². The van der Waals surface area contributed by atoms with Crippen molar-refractivity contribution in [3.8, 4) is 5.75 Å². The molecule has 20 heavy (non-hydrogen) atoms. The minimum absolute atomic E-state index is 0.225. The van der Waals surface area contributed by atoms with Crippen LogP contribution in [0, 0.1) is 0 Å². The Hall–Kier alpha value is -2.14. The van der Waals surface area contributed by atoms with Crippen molar-refractivity contribution in [3.63, 3.8) is 0 Å². The third-order valence-electron chi connectivity index (χ3n) is 2.71. The highest BCUT2D eigenvalue weighted by atomic mass is 79.9. The van der Waals surface area contributed by atoms with Gasteiger partial charge in [-0.25, -0.2) is 4.79 Å². The molecule has 2 rings (SSSR count). The molecule has 0 aliphatic carbocycles. The number of halogens is 1. The van der Waals surface area contributed by atoms with Gasteiger partial charge in [0.05, 0.1) is 15.6 Å². The molecule has 0 spiro atoms. The normalized spacial score (nSPS) is 10.1. The van der Waals surface area contributed by atoms with Gasteiger partial charge in [-0.3, -0.25) is 4.79 Å². The summed E-state index contributed by atoms with van der Waals surface area (Å²) in [5, 5.41) is 8.81. The number of carbonyl (C=O) groups excluding carboxylic acids is 1. The molecule has 0 aliphatic rings. The van der Waals surface area contributed by atoms with E-state index >= 15 is 0 Å². The lowest BCUT2D eigenvalue weighted by atomic mass is 10.1. The zero-order chi connectivity index (χ0) is 14.5. The number of hydrogen-bond donors (Lipinski definition) is 1. The summed E-state index contributed by atoms with van der Waals surface area (Å²) in [6, 6.07) is 11.6. The monoisotopic (exact) mass is 334 g/mol. The van der Waals surface area contributed by atoms with Gasteiger partial charge in [0.1, 0.15) is 12.4 Å². The molecule has 0 unspecified atom stereocenters. The topological polar surface area (TPSA) is 63.6 Å². The predicted octanol–water partition coefficient (Wildman–Crippen LogP) is 3.54. The average molecular weight is 335 g/mol. The highest BCUT2D eigenvalue weighted by Crippen LogP contribution is 2.28. The summed E-state index contributed by atoms with van der Waals surface area (Å²) in [4.78, 5) is 21.7. The third-order valence-corrected chi connectivity index (χ3v) is 3.33. The van der Waals surface area contributed by atoms with Gasteiger partial charge >= 0.3 is 5.97 Å². The second-order valence-corrected chi connectivity index (χ2v) is 4.92. The molecular weight excluding hydrogens is 324 g/mol. The number of aromatic carboxylic acids is 1. The van der Waals surface area contributed by atoms with E-state index in [4.69, 9.17) is 9.84 Å². The Morgan fingerprint density at radius 1 is 1.20 bits per heavy atom. The number of hydrogen-bond acceptors (Lipinski definition) is 3. The maximum Gasteiger partial charge on any atom is 0.335 e. The fraction of sp³-hybridized carbons (Fsp3) is 0.0667. The van der Waals surface area contributed by atoms with E-state index in [2.05, 4.69) is 15.9 Å². The van der Waals surface area contributed by atoms with Crippen LogP contribution in [-0.2, 0) is 6.61 Å². The number of rotatable bonds is 5. The largest absolute Gasteiger partial charge is 0.487 e. The number of carboxylic acids is 1. The summed E-state index contributed by atoms with van der Waals surface area (Å²) < 4.78 is 6.32. The molecule has 0 aliphatic heterocycles. The molecule has 0 saturated carbocycles. The summed E-state index contributed by atoms with van der Waals surface area (Å²) in [6.45, 7) is 0.253. The molecule has 5 heteroatoms. The Kier molecular flexibility index (Phi) is 4.53. The van der Waals surface area contributed by atoms with E-state index in [1.54, 1.807) is 30.3 Å². The van der Waals surface area contributed by atoms with Crippen LogP contribution in [0.2, 0.25) is 0 Å². The first-order chi connectivity index (χ1) is 9.61. The Labute approximate surface area is 124 Å². The fourth-order valence-corrected chi connectivity index (χ4v) is 2.17. The zero-order valence-electron chi connectivity index (χ0n) is 10.4. The van der Waals surface area contributed by atoms with Gasteiger partial charge in [0.2, 0.25) is 0 Å². The Bertz CT molecular complexity index is 635. The van der Waals surface area contributed by atoms with Gasteiger partial charge in [0.25, 0.3) is 0 Å². The first kappa shape index (κ1) is 14.3. The van der Waals surface area contributed by atoms with Crippen LogP contribution < -0.4 is 4.74 Å². The Balaban J connectivity index is 2.13. The molecule has 0 amide bonds. The van der Waals surface area contributed by atoms with Crippen LogP contribution in [0.4, 0.5) is 0 Å². The lowest BCUT2D eigenvalue weighted by Crippen LogP contribution is -2.00. The van der Waals surface area contributed by atoms with Gasteiger partial charge in [-0.15, -0.1) is 0 Å². The van der Waals surface area contributed by atoms with Gasteiger partial charge in [0.15, 0.2) is 6.29 Å². The second kappa shape index (κ2) is 6.34. The molecule has 0 bridgehead atoms. The van der Waals surface area contributed by atoms with Crippen molar-refractivity contribution in [2.24, 2.45) is 0 Å². The van der Waals surface area contributed by atoms with E-state index in [9.17, 15) is 9.59 Å². The molecule has 2 aromatic carbocycles. The lowest BCUT2D eigenvalue weighted by molar-refractivity contribution is 0.0696. The molecule has 0 radical (unpaired) electrons. The Morgan fingerprint density at radius 2 is 1.90 bits per heavy atom.